The molecule has 6 nitrogen and oxygen atoms in total. The summed E-state index contributed by atoms with van der Waals surface area (Å²) in [7, 11) is 0. The van der Waals surface area contributed by atoms with Gasteiger partial charge in [-0.25, -0.2) is 14.5 Å². The molecule has 3 heterocycles. The maximum absolute atomic E-state index is 11.8. The van der Waals surface area contributed by atoms with E-state index in [9.17, 15) is 4.79 Å². The Hall–Kier alpha value is -2.21. The van der Waals surface area contributed by atoms with Crippen molar-refractivity contribution in [2.75, 3.05) is 13.2 Å². The highest BCUT2D eigenvalue weighted by Crippen LogP contribution is 2.27. The smallest absolute Gasteiger partial charge is 0.356 e. The maximum atomic E-state index is 11.8. The summed E-state index contributed by atoms with van der Waals surface area (Å²) in [6.07, 6.45) is 4.81. The van der Waals surface area contributed by atoms with E-state index in [2.05, 4.69) is 10.1 Å². The predicted molar refractivity (Wildman–Crippen MR) is 80.3 cm³/mol. The van der Waals surface area contributed by atoms with E-state index in [-0.39, 0.29) is 6.23 Å². The molecule has 0 bridgehead atoms. The van der Waals surface area contributed by atoms with Crippen LogP contribution in [0.3, 0.4) is 0 Å². The van der Waals surface area contributed by atoms with Crippen LogP contribution in [-0.4, -0.2) is 33.9 Å². The standard InChI is InChI=1S/C16H19N3O3/c1-2-21-16(20)13-7-5-6-12(18-13)14-9-10-17-19(14)15-8-3-4-11-22-15/h5-7,9-10,15H,2-4,8,11H2,1H3. The highest BCUT2D eigenvalue weighted by molar-refractivity contribution is 5.87. The summed E-state index contributed by atoms with van der Waals surface area (Å²) in [4.78, 5) is 16.2. The minimum Gasteiger partial charge on any atom is -0.461 e. The van der Waals surface area contributed by atoms with Gasteiger partial charge in [-0.2, -0.15) is 5.10 Å². The Morgan fingerprint density at radius 1 is 1.41 bits per heavy atom. The molecule has 0 amide bonds. The Kier molecular flexibility index (Phi) is 4.48. The van der Waals surface area contributed by atoms with E-state index < -0.39 is 5.97 Å². The van der Waals surface area contributed by atoms with Gasteiger partial charge in [-0.15, -0.1) is 0 Å². The number of esters is 1. The molecule has 1 aliphatic heterocycles. The van der Waals surface area contributed by atoms with Crippen molar-refractivity contribution in [3.63, 3.8) is 0 Å². The molecule has 22 heavy (non-hydrogen) atoms. The van der Waals surface area contributed by atoms with Crippen LogP contribution < -0.4 is 0 Å². The fraction of sp³-hybridized carbons (Fsp3) is 0.438. The summed E-state index contributed by atoms with van der Waals surface area (Å²) < 4.78 is 12.6. The van der Waals surface area contributed by atoms with Crippen molar-refractivity contribution in [2.24, 2.45) is 0 Å². The Labute approximate surface area is 129 Å². The van der Waals surface area contributed by atoms with E-state index >= 15 is 0 Å². The van der Waals surface area contributed by atoms with Crippen molar-refractivity contribution < 1.29 is 14.3 Å². The summed E-state index contributed by atoms with van der Waals surface area (Å²) in [6, 6.07) is 7.20. The number of pyridine rings is 1. The van der Waals surface area contributed by atoms with Crippen LogP contribution in [0.2, 0.25) is 0 Å². The number of rotatable bonds is 4. The number of nitrogens with zero attached hydrogens (tertiary/aromatic N) is 3. The fourth-order valence-corrected chi connectivity index (χ4v) is 2.56. The van der Waals surface area contributed by atoms with E-state index in [0.717, 1.165) is 31.6 Å². The van der Waals surface area contributed by atoms with Gasteiger partial charge in [-0.05, 0) is 44.4 Å². The third kappa shape index (κ3) is 3.01. The van der Waals surface area contributed by atoms with Gasteiger partial charge in [0.15, 0.2) is 6.23 Å². The molecule has 1 atom stereocenters. The molecule has 1 unspecified atom stereocenters. The van der Waals surface area contributed by atoms with E-state index in [4.69, 9.17) is 9.47 Å². The highest BCUT2D eigenvalue weighted by atomic mass is 16.5. The van der Waals surface area contributed by atoms with Gasteiger partial charge >= 0.3 is 5.97 Å². The van der Waals surface area contributed by atoms with Crippen molar-refractivity contribution in [3.8, 4) is 11.4 Å². The molecule has 0 radical (unpaired) electrons. The SMILES string of the molecule is CCOC(=O)c1cccc(-c2ccnn2C2CCCCO2)n1. The van der Waals surface area contributed by atoms with Crippen LogP contribution in [0.5, 0.6) is 0 Å². The minimum atomic E-state index is -0.413. The number of ether oxygens (including phenoxy) is 2. The van der Waals surface area contributed by atoms with Crippen LogP contribution >= 0.6 is 0 Å². The van der Waals surface area contributed by atoms with Crippen LogP contribution in [0, 0.1) is 0 Å². The molecule has 116 valence electrons. The lowest BCUT2D eigenvalue weighted by atomic mass is 10.2. The Morgan fingerprint density at radius 2 is 2.32 bits per heavy atom. The summed E-state index contributed by atoms with van der Waals surface area (Å²) in [5, 5.41) is 4.36. The summed E-state index contributed by atoms with van der Waals surface area (Å²) in [5.41, 5.74) is 1.84. The van der Waals surface area contributed by atoms with Gasteiger partial charge < -0.3 is 9.47 Å². The lowest BCUT2D eigenvalue weighted by Gasteiger charge is -2.24. The first-order valence-corrected chi connectivity index (χ1v) is 7.59. The summed E-state index contributed by atoms with van der Waals surface area (Å²) >= 11 is 0. The first-order chi connectivity index (χ1) is 10.8. The van der Waals surface area contributed by atoms with Gasteiger partial charge in [-0.3, -0.25) is 0 Å². The topological polar surface area (TPSA) is 66.2 Å². The van der Waals surface area contributed by atoms with Gasteiger partial charge in [0, 0.05) is 12.8 Å². The number of aromatic nitrogens is 3. The zero-order chi connectivity index (χ0) is 15.4. The molecule has 0 N–H and O–H groups in total. The van der Waals surface area contributed by atoms with Crippen molar-refractivity contribution >= 4 is 5.97 Å². The van der Waals surface area contributed by atoms with Crippen LogP contribution in [-0.2, 0) is 9.47 Å². The van der Waals surface area contributed by atoms with Crippen molar-refractivity contribution in [2.45, 2.75) is 32.4 Å². The highest BCUT2D eigenvalue weighted by Gasteiger charge is 2.20. The molecular weight excluding hydrogens is 282 g/mol. The zero-order valence-electron chi connectivity index (χ0n) is 12.6. The normalized spacial score (nSPS) is 18.1. The van der Waals surface area contributed by atoms with Crippen molar-refractivity contribution in [1.82, 2.24) is 14.8 Å². The second-order valence-corrected chi connectivity index (χ2v) is 5.11. The molecule has 2 aromatic rings. The molecule has 0 saturated carbocycles. The second-order valence-electron chi connectivity index (χ2n) is 5.11. The molecular formula is C16H19N3O3. The van der Waals surface area contributed by atoms with Crippen molar-refractivity contribution in [1.29, 1.82) is 0 Å². The number of carbonyl (C=O) groups is 1. The average Bonchev–Trinajstić information content (AvgIpc) is 3.06. The number of carbonyl (C=O) groups excluding carboxylic acids is 1. The van der Waals surface area contributed by atoms with Crippen molar-refractivity contribution in [3.05, 3.63) is 36.2 Å². The number of hydrogen-bond donors (Lipinski definition) is 0. The Bertz CT molecular complexity index is 648. The molecule has 0 spiro atoms. The van der Waals surface area contributed by atoms with Crippen LogP contribution in [0.25, 0.3) is 11.4 Å². The first kappa shape index (κ1) is 14.7. The fourth-order valence-electron chi connectivity index (χ4n) is 2.56. The van der Waals surface area contributed by atoms with Gasteiger partial charge in [0.2, 0.25) is 0 Å². The maximum Gasteiger partial charge on any atom is 0.356 e. The molecule has 0 aromatic carbocycles. The van der Waals surface area contributed by atoms with Crippen LogP contribution in [0.4, 0.5) is 0 Å². The van der Waals surface area contributed by atoms with E-state index in [0.29, 0.717) is 18.0 Å². The largest absolute Gasteiger partial charge is 0.461 e. The van der Waals surface area contributed by atoms with Gasteiger partial charge in [0.1, 0.15) is 5.69 Å². The molecule has 1 saturated heterocycles. The Morgan fingerprint density at radius 3 is 3.09 bits per heavy atom. The summed E-state index contributed by atoms with van der Waals surface area (Å²) in [5.74, 6) is -0.413. The predicted octanol–water partition coefficient (Wildman–Crippen LogP) is 2.82. The third-order valence-electron chi connectivity index (χ3n) is 3.59. The molecule has 2 aromatic heterocycles. The molecule has 0 aliphatic carbocycles. The minimum absolute atomic E-state index is 0.0631. The monoisotopic (exact) mass is 301 g/mol. The van der Waals surface area contributed by atoms with E-state index in [1.54, 1.807) is 25.3 Å². The van der Waals surface area contributed by atoms with E-state index in [1.807, 2.05) is 16.8 Å². The average molecular weight is 301 g/mol. The van der Waals surface area contributed by atoms with Gasteiger partial charge in [0.25, 0.3) is 0 Å². The molecule has 1 aliphatic rings. The second kappa shape index (κ2) is 6.70. The van der Waals surface area contributed by atoms with Crippen LogP contribution in [0.1, 0.15) is 42.9 Å². The quantitative estimate of drug-likeness (QED) is 0.812. The number of hydrogen-bond acceptors (Lipinski definition) is 5. The first-order valence-electron chi connectivity index (χ1n) is 7.59. The summed E-state index contributed by atoms with van der Waals surface area (Å²) in [6.45, 7) is 2.86. The lowest BCUT2D eigenvalue weighted by Crippen LogP contribution is -2.20. The molecule has 6 heteroatoms. The van der Waals surface area contributed by atoms with Gasteiger partial charge in [0.05, 0.1) is 18.0 Å². The zero-order valence-corrected chi connectivity index (χ0v) is 12.6. The lowest BCUT2D eigenvalue weighted by molar-refractivity contribution is -0.0384. The third-order valence-corrected chi connectivity index (χ3v) is 3.59. The molecule has 3 rings (SSSR count). The molecule has 1 fully saturated rings. The van der Waals surface area contributed by atoms with E-state index in [1.165, 1.54) is 0 Å². The van der Waals surface area contributed by atoms with Crippen LogP contribution in [0.15, 0.2) is 30.5 Å². The van der Waals surface area contributed by atoms with Gasteiger partial charge in [-0.1, -0.05) is 6.07 Å². The Balaban J connectivity index is 1.90.